The molecule has 0 aliphatic carbocycles. The van der Waals surface area contributed by atoms with E-state index in [9.17, 15) is 13.2 Å². The van der Waals surface area contributed by atoms with Gasteiger partial charge in [0.25, 0.3) is 10.0 Å². The molecule has 24 heavy (non-hydrogen) atoms. The fourth-order valence-electron chi connectivity index (χ4n) is 2.04. The standard InChI is InChI=1S/C16H17ClN2O4S/c1-10-4-6-14(13(17)8-10)19-24(21,22)12-5-7-15(18-11(2)20)16(9-12)23-3/h4-9,19H,1-3H3,(H,18,20). The minimum Gasteiger partial charge on any atom is -0.495 e. The average molecular weight is 369 g/mol. The number of nitrogens with one attached hydrogen (secondary N) is 2. The Kier molecular flexibility index (Phi) is 5.36. The molecular weight excluding hydrogens is 352 g/mol. The molecule has 0 saturated carbocycles. The molecule has 0 bridgehead atoms. The van der Waals surface area contributed by atoms with E-state index < -0.39 is 10.0 Å². The molecule has 0 aromatic heterocycles. The van der Waals surface area contributed by atoms with Crippen molar-refractivity contribution in [1.29, 1.82) is 0 Å². The number of carbonyl (C=O) groups is 1. The Morgan fingerprint density at radius 2 is 1.79 bits per heavy atom. The van der Waals surface area contributed by atoms with E-state index >= 15 is 0 Å². The van der Waals surface area contributed by atoms with Crippen LogP contribution in [0.15, 0.2) is 41.3 Å². The van der Waals surface area contributed by atoms with Gasteiger partial charge in [0.1, 0.15) is 5.75 Å². The number of hydrogen-bond donors (Lipinski definition) is 2. The third-order valence-corrected chi connectivity index (χ3v) is 4.84. The van der Waals surface area contributed by atoms with Crippen molar-refractivity contribution in [2.45, 2.75) is 18.7 Å². The van der Waals surface area contributed by atoms with Crippen molar-refractivity contribution in [2.75, 3.05) is 17.1 Å². The number of benzene rings is 2. The first kappa shape index (κ1) is 18.1. The van der Waals surface area contributed by atoms with Crippen molar-refractivity contribution in [3.8, 4) is 5.75 Å². The lowest BCUT2D eigenvalue weighted by Crippen LogP contribution is -2.14. The van der Waals surface area contributed by atoms with Gasteiger partial charge in [-0.3, -0.25) is 9.52 Å². The molecule has 6 nitrogen and oxygen atoms in total. The lowest BCUT2D eigenvalue weighted by molar-refractivity contribution is -0.114. The second-order valence-electron chi connectivity index (χ2n) is 5.13. The van der Waals surface area contributed by atoms with Crippen LogP contribution in [0, 0.1) is 6.92 Å². The maximum atomic E-state index is 12.5. The highest BCUT2D eigenvalue weighted by Crippen LogP contribution is 2.30. The van der Waals surface area contributed by atoms with Gasteiger partial charge in [-0.1, -0.05) is 17.7 Å². The van der Waals surface area contributed by atoms with E-state index in [2.05, 4.69) is 10.0 Å². The van der Waals surface area contributed by atoms with Crippen LogP contribution in [0.4, 0.5) is 11.4 Å². The van der Waals surface area contributed by atoms with Crippen molar-refractivity contribution in [3.63, 3.8) is 0 Å². The number of halogens is 1. The zero-order valence-corrected chi connectivity index (χ0v) is 15.0. The van der Waals surface area contributed by atoms with Gasteiger partial charge >= 0.3 is 0 Å². The van der Waals surface area contributed by atoms with Gasteiger partial charge < -0.3 is 10.1 Å². The molecular formula is C16H17ClN2O4S. The summed E-state index contributed by atoms with van der Waals surface area (Å²) in [6.45, 7) is 3.21. The van der Waals surface area contributed by atoms with E-state index in [1.165, 1.54) is 32.2 Å². The molecule has 2 N–H and O–H groups in total. The van der Waals surface area contributed by atoms with Gasteiger partial charge in [-0.15, -0.1) is 0 Å². The molecule has 2 rings (SSSR count). The number of amides is 1. The summed E-state index contributed by atoms with van der Waals surface area (Å²) in [5, 5.41) is 2.87. The molecule has 0 spiro atoms. The number of sulfonamides is 1. The summed E-state index contributed by atoms with van der Waals surface area (Å²) in [4.78, 5) is 11.1. The summed E-state index contributed by atoms with van der Waals surface area (Å²) in [6, 6.07) is 9.18. The smallest absolute Gasteiger partial charge is 0.262 e. The zero-order valence-electron chi connectivity index (χ0n) is 13.4. The topological polar surface area (TPSA) is 84.5 Å². The Balaban J connectivity index is 2.36. The summed E-state index contributed by atoms with van der Waals surface area (Å²) in [5.41, 5.74) is 1.59. The van der Waals surface area contributed by atoms with Gasteiger partial charge in [0, 0.05) is 13.0 Å². The molecule has 2 aromatic carbocycles. The average Bonchev–Trinajstić information content (AvgIpc) is 2.49. The number of aryl methyl sites for hydroxylation is 1. The molecule has 8 heteroatoms. The Morgan fingerprint density at radius 1 is 1.12 bits per heavy atom. The van der Waals surface area contributed by atoms with Crippen LogP contribution in [0.2, 0.25) is 5.02 Å². The summed E-state index contributed by atoms with van der Waals surface area (Å²) < 4.78 is 32.6. The minimum atomic E-state index is -3.85. The molecule has 0 heterocycles. The highest BCUT2D eigenvalue weighted by molar-refractivity contribution is 7.92. The number of rotatable bonds is 5. The minimum absolute atomic E-state index is 0.00917. The first-order chi connectivity index (χ1) is 11.2. The molecule has 0 aliphatic rings. The second-order valence-corrected chi connectivity index (χ2v) is 7.22. The molecule has 0 aliphatic heterocycles. The van der Waals surface area contributed by atoms with Crippen LogP contribution in [0.1, 0.15) is 12.5 Å². The lowest BCUT2D eigenvalue weighted by Gasteiger charge is -2.13. The summed E-state index contributed by atoms with van der Waals surface area (Å²) >= 11 is 6.06. The molecule has 0 atom stereocenters. The number of hydrogen-bond acceptors (Lipinski definition) is 4. The molecule has 0 unspecified atom stereocenters. The van der Waals surface area contributed by atoms with E-state index in [0.29, 0.717) is 10.7 Å². The van der Waals surface area contributed by atoms with Crippen molar-refractivity contribution < 1.29 is 17.9 Å². The number of methoxy groups -OCH3 is 1. The highest BCUT2D eigenvalue weighted by Gasteiger charge is 2.18. The number of ether oxygens (including phenoxy) is 1. The molecule has 0 radical (unpaired) electrons. The summed E-state index contributed by atoms with van der Waals surface area (Å²) in [7, 11) is -2.46. The van der Waals surface area contributed by atoms with E-state index in [1.807, 2.05) is 6.92 Å². The van der Waals surface area contributed by atoms with Crippen LogP contribution < -0.4 is 14.8 Å². The molecule has 2 aromatic rings. The third-order valence-electron chi connectivity index (χ3n) is 3.16. The van der Waals surface area contributed by atoms with Crippen LogP contribution >= 0.6 is 11.6 Å². The van der Waals surface area contributed by atoms with Crippen LogP contribution in [0.25, 0.3) is 0 Å². The predicted molar refractivity (Wildman–Crippen MR) is 94.3 cm³/mol. The lowest BCUT2D eigenvalue weighted by atomic mass is 10.2. The van der Waals surface area contributed by atoms with E-state index in [1.54, 1.807) is 18.2 Å². The van der Waals surface area contributed by atoms with Crippen molar-refractivity contribution >= 4 is 38.9 Å². The van der Waals surface area contributed by atoms with Gasteiger partial charge in [-0.05, 0) is 36.8 Å². The van der Waals surface area contributed by atoms with E-state index in [0.717, 1.165) is 5.56 Å². The first-order valence-corrected chi connectivity index (χ1v) is 8.83. The normalized spacial score (nSPS) is 11.0. The Morgan fingerprint density at radius 3 is 2.38 bits per heavy atom. The van der Waals surface area contributed by atoms with Crippen LogP contribution in [0.5, 0.6) is 5.75 Å². The maximum Gasteiger partial charge on any atom is 0.262 e. The fraction of sp³-hybridized carbons (Fsp3) is 0.188. The predicted octanol–water partition coefficient (Wildman–Crippen LogP) is 3.42. The molecule has 1 amide bonds. The summed E-state index contributed by atoms with van der Waals surface area (Å²) in [5.74, 6) is -0.0449. The van der Waals surface area contributed by atoms with Crippen molar-refractivity contribution in [3.05, 3.63) is 47.0 Å². The third kappa shape index (κ3) is 4.18. The Labute approximate surface area is 145 Å². The van der Waals surface area contributed by atoms with Gasteiger partial charge in [0.15, 0.2) is 0 Å². The molecule has 0 fully saturated rings. The highest BCUT2D eigenvalue weighted by atomic mass is 35.5. The van der Waals surface area contributed by atoms with Gasteiger partial charge in [0.05, 0.1) is 28.4 Å². The Bertz CT molecular complexity index is 882. The quantitative estimate of drug-likeness (QED) is 0.846. The van der Waals surface area contributed by atoms with Crippen LogP contribution in [-0.2, 0) is 14.8 Å². The largest absolute Gasteiger partial charge is 0.495 e. The SMILES string of the molecule is COc1cc(S(=O)(=O)Nc2ccc(C)cc2Cl)ccc1NC(C)=O. The first-order valence-electron chi connectivity index (χ1n) is 6.97. The number of anilines is 2. The van der Waals surface area contributed by atoms with Crippen LogP contribution in [0.3, 0.4) is 0 Å². The zero-order chi connectivity index (χ0) is 17.9. The molecule has 0 saturated heterocycles. The maximum absolute atomic E-state index is 12.5. The van der Waals surface area contributed by atoms with Gasteiger partial charge in [0.2, 0.25) is 5.91 Å². The van der Waals surface area contributed by atoms with Gasteiger partial charge in [-0.25, -0.2) is 8.42 Å². The summed E-state index contributed by atoms with van der Waals surface area (Å²) in [6.07, 6.45) is 0. The number of carbonyl (C=O) groups excluding carboxylic acids is 1. The monoisotopic (exact) mass is 368 g/mol. The van der Waals surface area contributed by atoms with Gasteiger partial charge in [-0.2, -0.15) is 0 Å². The van der Waals surface area contributed by atoms with Crippen LogP contribution in [-0.4, -0.2) is 21.4 Å². The Hall–Kier alpha value is -2.25. The molecule has 128 valence electrons. The van der Waals surface area contributed by atoms with E-state index in [-0.39, 0.29) is 22.2 Å². The van der Waals surface area contributed by atoms with Crippen molar-refractivity contribution in [2.24, 2.45) is 0 Å². The fourth-order valence-corrected chi connectivity index (χ4v) is 3.47. The van der Waals surface area contributed by atoms with E-state index in [4.69, 9.17) is 16.3 Å². The van der Waals surface area contributed by atoms with Crippen molar-refractivity contribution in [1.82, 2.24) is 0 Å². The second kappa shape index (κ2) is 7.11.